The highest BCUT2D eigenvalue weighted by Crippen LogP contribution is 2.30. The van der Waals surface area contributed by atoms with Crippen LogP contribution in [0.1, 0.15) is 18.6 Å². The lowest BCUT2D eigenvalue weighted by Crippen LogP contribution is -2.39. The van der Waals surface area contributed by atoms with Crippen LogP contribution in [0.4, 0.5) is 5.82 Å². The number of phenolic OH excluding ortho intramolecular Hbond substituents is 1. The number of nitrogens with one attached hydrogen (secondary N) is 1. The van der Waals surface area contributed by atoms with Crippen molar-refractivity contribution in [3.8, 4) is 17.0 Å². The molecule has 0 unspecified atom stereocenters. The van der Waals surface area contributed by atoms with Crippen molar-refractivity contribution in [1.29, 1.82) is 0 Å². The van der Waals surface area contributed by atoms with Gasteiger partial charge in [0.1, 0.15) is 30.8 Å². The topological polar surface area (TPSA) is 78.8 Å². The standard InChI is InChI=1S/C26H24BN5O2/c27-21-15-28-32-25(14-22(30-26(21)32)20-6-2-3-7-23(20)33)29-18-9-11-31(12-10-18)16-19-13-17-5-1-4-8-24(17)34-19/h1-8,13-15,18,29,33H,9-12,16H2. The molecule has 5 aromatic rings. The quantitative estimate of drug-likeness (QED) is 0.399. The van der Waals surface area contributed by atoms with Crippen molar-refractivity contribution in [3.63, 3.8) is 0 Å². The number of benzene rings is 2. The molecule has 8 heteroatoms. The van der Waals surface area contributed by atoms with Crippen molar-refractivity contribution in [1.82, 2.24) is 19.5 Å². The molecule has 168 valence electrons. The molecular formula is C26H24BN5O2. The van der Waals surface area contributed by atoms with E-state index in [2.05, 4.69) is 32.4 Å². The van der Waals surface area contributed by atoms with E-state index in [9.17, 15) is 5.11 Å². The van der Waals surface area contributed by atoms with E-state index < -0.39 is 0 Å². The first-order valence-electron chi connectivity index (χ1n) is 11.5. The molecule has 0 aliphatic carbocycles. The molecule has 1 aliphatic heterocycles. The first-order valence-corrected chi connectivity index (χ1v) is 11.5. The van der Waals surface area contributed by atoms with Crippen LogP contribution in [0.2, 0.25) is 0 Å². The number of hydrogen-bond donors (Lipinski definition) is 2. The molecular weight excluding hydrogens is 425 g/mol. The Hall–Kier alpha value is -3.78. The van der Waals surface area contributed by atoms with Crippen molar-refractivity contribution >= 4 is 35.7 Å². The molecule has 0 bridgehead atoms. The number of aromatic hydroxyl groups is 1. The highest BCUT2D eigenvalue weighted by atomic mass is 16.3. The summed E-state index contributed by atoms with van der Waals surface area (Å²) in [6, 6.07) is 19.7. The molecule has 3 aromatic heterocycles. The number of furan rings is 1. The summed E-state index contributed by atoms with van der Waals surface area (Å²) in [5.41, 5.74) is 3.33. The van der Waals surface area contributed by atoms with Crippen LogP contribution in [0.15, 0.2) is 71.3 Å². The zero-order valence-corrected chi connectivity index (χ0v) is 18.7. The molecule has 7 nitrogen and oxygen atoms in total. The maximum absolute atomic E-state index is 10.3. The van der Waals surface area contributed by atoms with Crippen molar-refractivity contribution in [2.75, 3.05) is 18.4 Å². The smallest absolute Gasteiger partial charge is 0.150 e. The summed E-state index contributed by atoms with van der Waals surface area (Å²) >= 11 is 0. The fourth-order valence-electron chi connectivity index (χ4n) is 4.69. The van der Waals surface area contributed by atoms with E-state index >= 15 is 0 Å². The number of phenols is 1. The van der Waals surface area contributed by atoms with Gasteiger partial charge in [0.2, 0.25) is 0 Å². The molecule has 1 aliphatic rings. The van der Waals surface area contributed by atoms with Crippen LogP contribution in [0.3, 0.4) is 0 Å². The first kappa shape index (κ1) is 20.8. The van der Waals surface area contributed by atoms with Crippen LogP contribution in [-0.4, -0.2) is 51.6 Å². The van der Waals surface area contributed by atoms with E-state index in [-0.39, 0.29) is 5.75 Å². The van der Waals surface area contributed by atoms with Gasteiger partial charge in [0.15, 0.2) is 5.65 Å². The predicted molar refractivity (Wildman–Crippen MR) is 134 cm³/mol. The maximum atomic E-state index is 10.3. The third-order valence-electron chi connectivity index (χ3n) is 6.47. The van der Waals surface area contributed by atoms with Gasteiger partial charge in [-0.1, -0.05) is 30.3 Å². The van der Waals surface area contributed by atoms with Gasteiger partial charge in [-0.3, -0.25) is 4.90 Å². The van der Waals surface area contributed by atoms with Crippen molar-refractivity contribution < 1.29 is 9.52 Å². The molecule has 0 saturated carbocycles. The Bertz CT molecular complexity index is 1440. The van der Waals surface area contributed by atoms with Gasteiger partial charge in [-0.25, -0.2) is 4.98 Å². The largest absolute Gasteiger partial charge is 0.507 e. The van der Waals surface area contributed by atoms with Gasteiger partial charge < -0.3 is 14.8 Å². The van der Waals surface area contributed by atoms with Gasteiger partial charge in [-0.15, -0.1) is 0 Å². The Balaban J connectivity index is 1.19. The van der Waals surface area contributed by atoms with Gasteiger partial charge in [0.25, 0.3) is 0 Å². The van der Waals surface area contributed by atoms with Crippen molar-refractivity contribution in [2.24, 2.45) is 0 Å². The Labute approximate surface area is 198 Å². The highest BCUT2D eigenvalue weighted by Gasteiger charge is 2.22. The number of likely N-dealkylation sites (tertiary alicyclic amines) is 1. The summed E-state index contributed by atoms with van der Waals surface area (Å²) in [5, 5.41) is 19.5. The minimum absolute atomic E-state index is 0.183. The molecule has 2 aromatic carbocycles. The first-order chi connectivity index (χ1) is 16.6. The molecule has 2 radical (unpaired) electrons. The zero-order valence-electron chi connectivity index (χ0n) is 18.7. The van der Waals surface area contributed by atoms with Crippen LogP contribution >= 0.6 is 0 Å². The summed E-state index contributed by atoms with van der Waals surface area (Å²) in [4.78, 5) is 7.08. The van der Waals surface area contributed by atoms with Crippen LogP contribution < -0.4 is 10.8 Å². The number of nitrogens with zero attached hydrogens (tertiary/aromatic N) is 4. The lowest BCUT2D eigenvalue weighted by molar-refractivity contribution is 0.198. The molecule has 1 fully saturated rings. The van der Waals surface area contributed by atoms with E-state index in [0.717, 1.165) is 55.0 Å². The fourth-order valence-corrected chi connectivity index (χ4v) is 4.69. The number of para-hydroxylation sites is 2. The Morgan fingerprint density at radius 3 is 2.68 bits per heavy atom. The van der Waals surface area contributed by atoms with E-state index in [0.29, 0.717) is 28.4 Å². The summed E-state index contributed by atoms with van der Waals surface area (Å²) in [5.74, 6) is 2.00. The minimum atomic E-state index is 0.183. The van der Waals surface area contributed by atoms with Gasteiger partial charge in [-0.05, 0) is 42.6 Å². The number of hydrogen-bond acceptors (Lipinski definition) is 6. The van der Waals surface area contributed by atoms with Crippen LogP contribution in [0.5, 0.6) is 5.75 Å². The number of aromatic nitrogens is 3. The molecule has 4 heterocycles. The third-order valence-corrected chi connectivity index (χ3v) is 6.47. The second kappa shape index (κ2) is 8.54. The maximum Gasteiger partial charge on any atom is 0.150 e. The summed E-state index contributed by atoms with van der Waals surface area (Å²) in [6.07, 6.45) is 3.59. The fraction of sp³-hybridized carbons (Fsp3) is 0.231. The Morgan fingerprint density at radius 1 is 1.06 bits per heavy atom. The van der Waals surface area contributed by atoms with Crippen molar-refractivity contribution in [3.05, 3.63) is 72.6 Å². The Morgan fingerprint density at radius 2 is 1.85 bits per heavy atom. The average molecular weight is 449 g/mol. The summed E-state index contributed by atoms with van der Waals surface area (Å²) < 4.78 is 7.74. The highest BCUT2D eigenvalue weighted by molar-refractivity contribution is 6.36. The minimum Gasteiger partial charge on any atom is -0.507 e. The summed E-state index contributed by atoms with van der Waals surface area (Å²) in [6.45, 7) is 2.75. The lowest BCUT2D eigenvalue weighted by Gasteiger charge is -2.32. The Kier molecular flexibility index (Phi) is 5.22. The monoisotopic (exact) mass is 449 g/mol. The molecule has 6 rings (SSSR count). The van der Waals surface area contributed by atoms with E-state index in [1.807, 2.05) is 36.4 Å². The van der Waals surface area contributed by atoms with Gasteiger partial charge in [0.05, 0.1) is 12.2 Å². The predicted octanol–water partition coefficient (Wildman–Crippen LogP) is 3.72. The van der Waals surface area contributed by atoms with Gasteiger partial charge >= 0.3 is 0 Å². The molecule has 0 spiro atoms. The van der Waals surface area contributed by atoms with Gasteiger partial charge in [0, 0.05) is 42.3 Å². The van der Waals surface area contributed by atoms with Crippen LogP contribution in [0.25, 0.3) is 27.9 Å². The van der Waals surface area contributed by atoms with E-state index in [1.165, 1.54) is 0 Å². The second-order valence-electron chi connectivity index (χ2n) is 8.82. The van der Waals surface area contributed by atoms with E-state index in [4.69, 9.17) is 12.3 Å². The number of anilines is 1. The number of rotatable bonds is 5. The number of piperidine rings is 1. The molecule has 1 saturated heterocycles. The third kappa shape index (κ3) is 3.90. The summed E-state index contributed by atoms with van der Waals surface area (Å²) in [7, 11) is 6.13. The molecule has 0 atom stereocenters. The average Bonchev–Trinajstić information content (AvgIpc) is 3.43. The number of fused-ring (bicyclic) bond motifs is 2. The zero-order chi connectivity index (χ0) is 23.1. The van der Waals surface area contributed by atoms with E-state index in [1.54, 1.807) is 22.8 Å². The van der Waals surface area contributed by atoms with Crippen LogP contribution in [0, 0.1) is 0 Å². The van der Waals surface area contributed by atoms with Crippen molar-refractivity contribution in [2.45, 2.75) is 25.4 Å². The molecule has 2 N–H and O–H groups in total. The molecule has 0 amide bonds. The normalized spacial score (nSPS) is 15.3. The SMILES string of the molecule is [B]c1cnn2c(NC3CCN(Cc4cc5ccccc5o4)CC3)cc(-c3ccccc3O)nc12. The van der Waals surface area contributed by atoms with Crippen LogP contribution in [-0.2, 0) is 6.54 Å². The molecule has 34 heavy (non-hydrogen) atoms. The van der Waals surface area contributed by atoms with Gasteiger partial charge in [-0.2, -0.15) is 9.61 Å². The lowest BCUT2D eigenvalue weighted by atomic mass is 10.0. The second-order valence-corrected chi connectivity index (χ2v) is 8.82.